The SMILES string of the molecule is CCc1ccc(-c2cccc3cc([C@H](C)Nc4ncnc5scnc45)n(-c4ccccc4)c(=O)c23)cc1. The van der Waals surface area contributed by atoms with Gasteiger partial charge >= 0.3 is 0 Å². The highest BCUT2D eigenvalue weighted by molar-refractivity contribution is 7.16. The van der Waals surface area contributed by atoms with Crippen molar-refractivity contribution in [3.05, 3.63) is 112 Å². The zero-order chi connectivity index (χ0) is 25.4. The highest BCUT2D eigenvalue weighted by Crippen LogP contribution is 2.31. The standard InChI is InChI=1S/C30H25N5OS/c1-3-20-12-14-21(15-13-20)24-11-7-8-22-16-25(35(30(36)26(22)24)23-9-5-4-6-10-23)19(2)34-28-27-29(32-17-31-28)37-18-33-27/h4-19H,3H2,1-2H3,(H,31,32,34)/t19-/m0/s1. The van der Waals surface area contributed by atoms with Gasteiger partial charge in [0.05, 0.1) is 16.9 Å². The highest BCUT2D eigenvalue weighted by Gasteiger charge is 2.20. The number of aryl methyl sites for hydroxylation is 1. The summed E-state index contributed by atoms with van der Waals surface area (Å²) in [7, 11) is 0. The van der Waals surface area contributed by atoms with Crippen molar-refractivity contribution >= 4 is 38.3 Å². The van der Waals surface area contributed by atoms with Crippen LogP contribution in [0, 0.1) is 0 Å². The third-order valence-electron chi connectivity index (χ3n) is 6.69. The van der Waals surface area contributed by atoms with E-state index in [1.807, 2.05) is 60.0 Å². The van der Waals surface area contributed by atoms with Crippen LogP contribution in [-0.4, -0.2) is 19.5 Å². The van der Waals surface area contributed by atoms with Gasteiger partial charge in [0.25, 0.3) is 5.56 Å². The number of nitrogens with one attached hydrogen (secondary N) is 1. The molecule has 0 radical (unpaired) electrons. The second-order valence-corrected chi connectivity index (χ2v) is 9.79. The van der Waals surface area contributed by atoms with Crippen molar-refractivity contribution < 1.29 is 0 Å². The fourth-order valence-corrected chi connectivity index (χ4v) is 5.41. The lowest BCUT2D eigenvalue weighted by Gasteiger charge is -2.22. The van der Waals surface area contributed by atoms with E-state index < -0.39 is 0 Å². The highest BCUT2D eigenvalue weighted by atomic mass is 32.1. The number of hydrogen-bond donors (Lipinski definition) is 1. The van der Waals surface area contributed by atoms with Crippen LogP contribution in [0.25, 0.3) is 37.9 Å². The molecule has 0 aliphatic rings. The quantitative estimate of drug-likeness (QED) is 0.271. The molecule has 0 bridgehead atoms. The second-order valence-electron chi connectivity index (χ2n) is 8.96. The van der Waals surface area contributed by atoms with Gasteiger partial charge in [-0.2, -0.15) is 0 Å². The number of thiazole rings is 1. The molecule has 0 spiro atoms. The fourth-order valence-electron chi connectivity index (χ4n) is 4.78. The number of anilines is 1. The fraction of sp³-hybridized carbons (Fsp3) is 0.133. The van der Waals surface area contributed by atoms with Gasteiger partial charge in [0, 0.05) is 11.4 Å². The Bertz CT molecular complexity index is 1770. The molecule has 0 aliphatic heterocycles. The molecule has 6 nitrogen and oxygen atoms in total. The zero-order valence-corrected chi connectivity index (χ0v) is 21.4. The smallest absolute Gasteiger partial charge is 0.263 e. The molecule has 3 aromatic carbocycles. The van der Waals surface area contributed by atoms with Crippen molar-refractivity contribution in [1.82, 2.24) is 19.5 Å². The van der Waals surface area contributed by atoms with Gasteiger partial charge in [-0.15, -0.1) is 11.3 Å². The van der Waals surface area contributed by atoms with Crippen LogP contribution in [0.4, 0.5) is 5.82 Å². The normalized spacial score (nSPS) is 12.2. The van der Waals surface area contributed by atoms with Gasteiger partial charge in [-0.05, 0) is 53.6 Å². The Labute approximate surface area is 218 Å². The molecule has 0 amide bonds. The van der Waals surface area contributed by atoms with Crippen LogP contribution < -0.4 is 10.9 Å². The molecular weight excluding hydrogens is 478 g/mol. The average molecular weight is 504 g/mol. The maximum atomic E-state index is 14.3. The Balaban J connectivity index is 1.55. The molecule has 0 saturated carbocycles. The Morgan fingerprint density at radius 2 is 1.76 bits per heavy atom. The number of pyridine rings is 1. The number of aromatic nitrogens is 4. The van der Waals surface area contributed by atoms with Gasteiger partial charge in [0.2, 0.25) is 0 Å². The van der Waals surface area contributed by atoms with E-state index >= 15 is 0 Å². The number of hydrogen-bond acceptors (Lipinski definition) is 6. The molecule has 0 fully saturated rings. The van der Waals surface area contributed by atoms with Crippen LogP contribution in [-0.2, 0) is 6.42 Å². The summed E-state index contributed by atoms with van der Waals surface area (Å²) >= 11 is 1.47. The van der Waals surface area contributed by atoms with Crippen LogP contribution in [0.3, 0.4) is 0 Å². The number of nitrogens with zero attached hydrogens (tertiary/aromatic N) is 4. The van der Waals surface area contributed by atoms with Gasteiger partial charge in [-0.3, -0.25) is 9.36 Å². The Kier molecular flexibility index (Phi) is 5.98. The van der Waals surface area contributed by atoms with Crippen molar-refractivity contribution in [3.8, 4) is 16.8 Å². The van der Waals surface area contributed by atoms with Crippen LogP contribution in [0.5, 0.6) is 0 Å². The van der Waals surface area contributed by atoms with E-state index in [4.69, 9.17) is 0 Å². The minimum absolute atomic E-state index is 0.0518. The molecule has 0 aliphatic carbocycles. The molecule has 7 heteroatoms. The molecule has 3 aromatic heterocycles. The number of rotatable bonds is 6. The maximum Gasteiger partial charge on any atom is 0.263 e. The van der Waals surface area contributed by atoms with E-state index in [1.165, 1.54) is 23.2 Å². The zero-order valence-electron chi connectivity index (χ0n) is 20.6. The predicted octanol–water partition coefficient (Wildman–Crippen LogP) is 6.79. The summed E-state index contributed by atoms with van der Waals surface area (Å²) in [4.78, 5) is 28.3. The molecular formula is C30H25N5OS. The molecule has 37 heavy (non-hydrogen) atoms. The van der Waals surface area contributed by atoms with Gasteiger partial charge in [0.15, 0.2) is 5.82 Å². The van der Waals surface area contributed by atoms with Gasteiger partial charge in [-0.25, -0.2) is 15.0 Å². The Hall–Kier alpha value is -4.36. The summed E-state index contributed by atoms with van der Waals surface area (Å²) in [5.41, 5.74) is 7.33. The van der Waals surface area contributed by atoms with E-state index in [2.05, 4.69) is 57.5 Å². The van der Waals surface area contributed by atoms with Crippen LogP contribution >= 0.6 is 11.3 Å². The van der Waals surface area contributed by atoms with Crippen LogP contribution in [0.2, 0.25) is 0 Å². The summed E-state index contributed by atoms with van der Waals surface area (Å²) in [6.07, 6.45) is 2.51. The van der Waals surface area contributed by atoms with Crippen molar-refractivity contribution in [2.45, 2.75) is 26.3 Å². The molecule has 1 atom stereocenters. The molecule has 182 valence electrons. The minimum atomic E-state index is -0.232. The molecule has 3 heterocycles. The summed E-state index contributed by atoms with van der Waals surface area (Å²) < 4.78 is 1.81. The summed E-state index contributed by atoms with van der Waals surface area (Å²) in [5, 5.41) is 5.09. The summed E-state index contributed by atoms with van der Waals surface area (Å²) in [5.74, 6) is 0.649. The van der Waals surface area contributed by atoms with E-state index in [9.17, 15) is 4.79 Å². The van der Waals surface area contributed by atoms with Gasteiger partial charge < -0.3 is 5.32 Å². The largest absolute Gasteiger partial charge is 0.360 e. The molecule has 6 rings (SSSR count). The van der Waals surface area contributed by atoms with E-state index in [0.29, 0.717) is 11.2 Å². The van der Waals surface area contributed by atoms with Crippen molar-refractivity contribution in [2.24, 2.45) is 0 Å². The summed E-state index contributed by atoms with van der Waals surface area (Å²) in [6, 6.07) is 26.2. The number of para-hydroxylation sites is 1. The van der Waals surface area contributed by atoms with Crippen molar-refractivity contribution in [3.63, 3.8) is 0 Å². The topological polar surface area (TPSA) is 72.7 Å². The predicted molar refractivity (Wildman–Crippen MR) is 152 cm³/mol. The number of fused-ring (bicyclic) bond motifs is 2. The first-order valence-electron chi connectivity index (χ1n) is 12.3. The lowest BCUT2D eigenvalue weighted by molar-refractivity contribution is 0.774. The lowest BCUT2D eigenvalue weighted by Crippen LogP contribution is -2.26. The Morgan fingerprint density at radius 3 is 2.54 bits per heavy atom. The molecule has 6 aromatic rings. The lowest BCUT2D eigenvalue weighted by atomic mass is 9.97. The van der Waals surface area contributed by atoms with Crippen molar-refractivity contribution in [1.29, 1.82) is 0 Å². The van der Waals surface area contributed by atoms with Gasteiger partial charge in [0.1, 0.15) is 16.7 Å². The van der Waals surface area contributed by atoms with E-state index in [1.54, 1.807) is 5.51 Å². The average Bonchev–Trinajstić information content (AvgIpc) is 3.43. The third-order valence-corrected chi connectivity index (χ3v) is 7.43. The van der Waals surface area contributed by atoms with Crippen LogP contribution in [0.15, 0.2) is 95.5 Å². The molecule has 1 N–H and O–H groups in total. The Morgan fingerprint density at radius 1 is 0.946 bits per heavy atom. The van der Waals surface area contributed by atoms with Crippen LogP contribution in [0.1, 0.15) is 31.1 Å². The molecule has 0 unspecified atom stereocenters. The first-order chi connectivity index (χ1) is 18.1. The number of benzene rings is 3. The minimum Gasteiger partial charge on any atom is -0.360 e. The van der Waals surface area contributed by atoms with Crippen molar-refractivity contribution in [2.75, 3.05) is 5.32 Å². The first kappa shape index (κ1) is 23.1. The monoisotopic (exact) mass is 503 g/mol. The second kappa shape index (κ2) is 9.59. The van der Waals surface area contributed by atoms with Gasteiger partial charge in [-0.1, -0.05) is 67.6 Å². The molecule has 0 saturated heterocycles. The summed E-state index contributed by atoms with van der Waals surface area (Å²) in [6.45, 7) is 4.18. The van der Waals surface area contributed by atoms with E-state index in [0.717, 1.165) is 44.7 Å². The van der Waals surface area contributed by atoms with E-state index in [-0.39, 0.29) is 11.6 Å². The maximum absolute atomic E-state index is 14.3. The third kappa shape index (κ3) is 4.17. The first-order valence-corrected chi connectivity index (χ1v) is 13.2.